The lowest BCUT2D eigenvalue weighted by Gasteiger charge is -2.58. The normalized spacial score (nSPS) is 37.0. The van der Waals surface area contributed by atoms with E-state index < -0.39 is 6.16 Å². The summed E-state index contributed by atoms with van der Waals surface area (Å²) >= 11 is 0. The molecule has 8 atom stereocenters. The lowest BCUT2D eigenvalue weighted by Crippen LogP contribution is -2.51. The van der Waals surface area contributed by atoms with Crippen molar-refractivity contribution in [3.05, 3.63) is 41.7 Å². The highest BCUT2D eigenvalue weighted by molar-refractivity contribution is 5.64. The third kappa shape index (κ3) is 5.30. The highest BCUT2D eigenvalue weighted by atomic mass is 19.1. The van der Waals surface area contributed by atoms with E-state index in [0.29, 0.717) is 11.2 Å². The molecule has 0 aliphatic heterocycles. The minimum Gasteiger partial charge on any atom is -0.430 e. The summed E-state index contributed by atoms with van der Waals surface area (Å²) in [6.45, 7) is 12.4. The van der Waals surface area contributed by atoms with Crippen LogP contribution in [0.3, 0.4) is 0 Å². The van der Waals surface area contributed by atoms with E-state index >= 15 is 0 Å². The van der Waals surface area contributed by atoms with Gasteiger partial charge in [-0.05, 0) is 116 Å². The molecule has 3 fully saturated rings. The number of hydrogen-bond acceptors (Lipinski definition) is 3. The molecular weight excluding hydrogens is 475 g/mol. The second-order valence-corrected chi connectivity index (χ2v) is 14.1. The smallest absolute Gasteiger partial charge is 0.430 e. The topological polar surface area (TPSA) is 35.5 Å². The molecule has 3 saturated carbocycles. The van der Waals surface area contributed by atoms with Gasteiger partial charge in [-0.25, -0.2) is 9.18 Å². The van der Waals surface area contributed by atoms with Crippen LogP contribution in [0.4, 0.5) is 9.18 Å². The number of halogens is 1. The Labute approximate surface area is 229 Å². The second-order valence-electron chi connectivity index (χ2n) is 14.1. The van der Waals surface area contributed by atoms with E-state index in [-0.39, 0.29) is 17.3 Å². The average molecular weight is 525 g/mol. The van der Waals surface area contributed by atoms with Gasteiger partial charge < -0.3 is 9.47 Å². The van der Waals surface area contributed by atoms with Gasteiger partial charge in [-0.1, -0.05) is 65.5 Å². The van der Waals surface area contributed by atoms with Crippen molar-refractivity contribution < 1.29 is 18.7 Å². The van der Waals surface area contributed by atoms with E-state index in [4.69, 9.17) is 9.47 Å². The summed E-state index contributed by atoms with van der Waals surface area (Å²) in [6.07, 6.45) is 15.4. The van der Waals surface area contributed by atoms with E-state index in [1.165, 1.54) is 81.2 Å². The van der Waals surface area contributed by atoms with Crippen molar-refractivity contribution in [2.24, 2.45) is 46.3 Å². The van der Waals surface area contributed by atoms with Crippen molar-refractivity contribution in [1.29, 1.82) is 0 Å². The Morgan fingerprint density at radius 3 is 2.50 bits per heavy atom. The maximum Gasteiger partial charge on any atom is 0.514 e. The predicted molar refractivity (Wildman–Crippen MR) is 150 cm³/mol. The van der Waals surface area contributed by atoms with Crippen molar-refractivity contribution in [1.82, 2.24) is 0 Å². The standard InChI is InChI=1S/C34H49FO3/c1-22(2)7-6-8-23(3)29-15-16-30-28-14-9-24-21-27(38-32(36)37-26-12-10-25(35)11-13-26)17-19-33(24,4)31(28)18-20-34(29,30)5/h9-13,22-23,27-31H,6-8,14-21H2,1-5H3/t23-,27+,28-,29+,30-,31-,33-,34+/m0/s1. The Morgan fingerprint density at radius 1 is 1.00 bits per heavy atom. The van der Waals surface area contributed by atoms with E-state index in [2.05, 4.69) is 40.7 Å². The van der Waals surface area contributed by atoms with Gasteiger partial charge in [0.25, 0.3) is 0 Å². The van der Waals surface area contributed by atoms with Gasteiger partial charge in [-0.3, -0.25) is 0 Å². The zero-order valence-corrected chi connectivity index (χ0v) is 24.3. The van der Waals surface area contributed by atoms with Gasteiger partial charge >= 0.3 is 6.16 Å². The molecule has 0 heterocycles. The summed E-state index contributed by atoms with van der Waals surface area (Å²) < 4.78 is 24.2. The van der Waals surface area contributed by atoms with Gasteiger partial charge in [0, 0.05) is 6.42 Å². The number of hydrogen-bond donors (Lipinski definition) is 0. The monoisotopic (exact) mass is 524 g/mol. The van der Waals surface area contributed by atoms with Gasteiger partial charge in [-0.2, -0.15) is 0 Å². The van der Waals surface area contributed by atoms with Gasteiger partial charge in [0.2, 0.25) is 0 Å². The average Bonchev–Trinajstić information content (AvgIpc) is 3.23. The molecule has 38 heavy (non-hydrogen) atoms. The highest BCUT2D eigenvalue weighted by Crippen LogP contribution is 2.67. The Bertz CT molecular complexity index is 1020. The third-order valence-corrected chi connectivity index (χ3v) is 11.5. The maximum atomic E-state index is 13.1. The quantitative estimate of drug-likeness (QED) is 0.202. The molecule has 5 rings (SSSR count). The van der Waals surface area contributed by atoms with Crippen molar-refractivity contribution in [2.45, 2.75) is 111 Å². The molecule has 4 heteroatoms. The molecule has 1 aromatic rings. The molecule has 0 spiro atoms. The Balaban J connectivity index is 1.21. The molecule has 0 saturated heterocycles. The molecule has 0 bridgehead atoms. The minimum atomic E-state index is -0.688. The van der Waals surface area contributed by atoms with Crippen molar-refractivity contribution in [3.8, 4) is 5.75 Å². The van der Waals surface area contributed by atoms with Crippen LogP contribution >= 0.6 is 0 Å². The van der Waals surface area contributed by atoms with Crippen LogP contribution in [0.1, 0.15) is 105 Å². The third-order valence-electron chi connectivity index (χ3n) is 11.5. The SMILES string of the molecule is CC(C)CCC[C@H](C)[C@H]1CC[C@H]2[C@@H]3CC=C4C[C@H](OC(=O)Oc5ccc(F)cc5)CC[C@]4(C)[C@H]3CC[C@]12C. The molecule has 0 N–H and O–H groups in total. The van der Waals surface area contributed by atoms with Gasteiger partial charge in [-0.15, -0.1) is 0 Å². The summed E-state index contributed by atoms with van der Waals surface area (Å²) in [7, 11) is 0. The lowest BCUT2D eigenvalue weighted by molar-refractivity contribution is -0.0597. The van der Waals surface area contributed by atoms with E-state index in [0.717, 1.165) is 54.8 Å². The van der Waals surface area contributed by atoms with Crippen LogP contribution < -0.4 is 4.74 Å². The largest absolute Gasteiger partial charge is 0.514 e. The predicted octanol–water partition coefficient (Wildman–Crippen LogP) is 9.75. The molecule has 4 aliphatic carbocycles. The molecule has 1 aromatic carbocycles. The molecular formula is C34H49FO3. The number of allylic oxidation sites excluding steroid dienone is 1. The van der Waals surface area contributed by atoms with Crippen LogP contribution in [-0.4, -0.2) is 12.3 Å². The molecule has 0 amide bonds. The fourth-order valence-corrected chi connectivity index (χ4v) is 9.51. The maximum absolute atomic E-state index is 13.1. The Hall–Kier alpha value is -1.84. The summed E-state index contributed by atoms with van der Waals surface area (Å²) in [5.74, 6) is 4.91. The first-order chi connectivity index (χ1) is 18.1. The first kappa shape index (κ1) is 27.7. The second kappa shape index (κ2) is 11.0. The molecule has 0 unspecified atom stereocenters. The van der Waals surface area contributed by atoms with Crippen molar-refractivity contribution >= 4 is 6.16 Å². The molecule has 0 aromatic heterocycles. The van der Waals surface area contributed by atoms with Crippen LogP contribution in [0.25, 0.3) is 0 Å². The van der Waals surface area contributed by atoms with Gasteiger partial charge in [0.05, 0.1) is 0 Å². The molecule has 210 valence electrons. The Kier molecular flexibility index (Phi) is 8.00. The molecule has 3 nitrogen and oxygen atoms in total. The van der Waals surface area contributed by atoms with E-state index in [9.17, 15) is 9.18 Å². The van der Waals surface area contributed by atoms with Gasteiger partial charge in [0.15, 0.2) is 0 Å². The van der Waals surface area contributed by atoms with Crippen LogP contribution in [0.15, 0.2) is 35.9 Å². The number of benzene rings is 1. The highest BCUT2D eigenvalue weighted by Gasteiger charge is 2.59. The first-order valence-electron chi connectivity index (χ1n) is 15.4. The minimum absolute atomic E-state index is 0.143. The van der Waals surface area contributed by atoms with E-state index in [1.807, 2.05) is 0 Å². The Morgan fingerprint density at radius 2 is 1.76 bits per heavy atom. The number of ether oxygens (including phenoxy) is 2. The van der Waals surface area contributed by atoms with E-state index in [1.54, 1.807) is 0 Å². The summed E-state index contributed by atoms with van der Waals surface area (Å²) in [6, 6.07) is 5.48. The number of rotatable bonds is 7. The first-order valence-corrected chi connectivity index (χ1v) is 15.4. The zero-order valence-electron chi connectivity index (χ0n) is 24.3. The van der Waals surface area contributed by atoms with Gasteiger partial charge in [0.1, 0.15) is 17.7 Å². The molecule has 0 radical (unpaired) electrons. The summed E-state index contributed by atoms with van der Waals surface area (Å²) in [4.78, 5) is 12.4. The number of fused-ring (bicyclic) bond motifs is 5. The fraction of sp³-hybridized carbons (Fsp3) is 0.735. The lowest BCUT2D eigenvalue weighted by atomic mass is 9.47. The summed E-state index contributed by atoms with van der Waals surface area (Å²) in [5, 5.41) is 0. The number of carbonyl (C=O) groups excluding carboxylic acids is 1. The van der Waals surface area contributed by atoms with Crippen LogP contribution in [0, 0.1) is 52.2 Å². The fourth-order valence-electron chi connectivity index (χ4n) is 9.51. The zero-order chi connectivity index (χ0) is 27.1. The van der Waals surface area contributed by atoms with Crippen LogP contribution in [0.5, 0.6) is 5.75 Å². The van der Waals surface area contributed by atoms with Crippen molar-refractivity contribution in [3.63, 3.8) is 0 Å². The van der Waals surface area contributed by atoms with Crippen molar-refractivity contribution in [2.75, 3.05) is 0 Å². The number of carbonyl (C=O) groups is 1. The van der Waals surface area contributed by atoms with Crippen LogP contribution in [0.2, 0.25) is 0 Å². The van der Waals surface area contributed by atoms with Crippen LogP contribution in [-0.2, 0) is 4.74 Å². The molecule has 4 aliphatic rings. The summed E-state index contributed by atoms with van der Waals surface area (Å²) in [5.41, 5.74) is 2.24.